The van der Waals surface area contributed by atoms with Gasteiger partial charge in [0.2, 0.25) is 0 Å². The van der Waals surface area contributed by atoms with Crippen LogP contribution in [0, 0.1) is 0 Å². The molecular formula is C20H25Cl2SiZr-. The number of fused-ring (bicyclic) bond motifs is 1. The Morgan fingerprint density at radius 2 is 1.54 bits per heavy atom. The molecule has 0 fully saturated rings. The second-order valence-corrected chi connectivity index (χ2v) is 11.9. The Hall–Kier alpha value is -0.270. The van der Waals surface area contributed by atoms with Gasteiger partial charge in [-0.2, -0.15) is 6.07 Å². The molecule has 0 N–H and O–H groups in total. The van der Waals surface area contributed by atoms with Gasteiger partial charge < -0.3 is 0 Å². The van der Waals surface area contributed by atoms with E-state index in [0.717, 1.165) is 6.42 Å². The molecule has 0 bridgehead atoms. The van der Waals surface area contributed by atoms with Crippen molar-refractivity contribution in [1.29, 1.82) is 0 Å². The standard InChI is InChI=1S/C20H23Si.2ClH.Zr/c1-5-15-13-17-7-6-8-19(20(17)14-15)16-9-11-18(12-10-16)21(2,3)4;;;/h6-14H,5H2,1-4H3;2*1H;/q-1;;;. The molecule has 4 heteroatoms. The van der Waals surface area contributed by atoms with E-state index in [1.807, 2.05) is 0 Å². The van der Waals surface area contributed by atoms with Gasteiger partial charge in [0.15, 0.2) is 0 Å². The molecule has 0 aliphatic rings. The average molecular weight is 456 g/mol. The van der Waals surface area contributed by atoms with Crippen LogP contribution in [0.25, 0.3) is 21.9 Å². The van der Waals surface area contributed by atoms with E-state index in [1.165, 1.54) is 32.6 Å². The summed E-state index contributed by atoms with van der Waals surface area (Å²) in [5, 5.41) is 4.27. The van der Waals surface area contributed by atoms with Crippen LogP contribution in [-0.2, 0) is 32.6 Å². The molecule has 0 aromatic heterocycles. The molecule has 0 heterocycles. The summed E-state index contributed by atoms with van der Waals surface area (Å²) in [7, 11) is -1.21. The third-order valence-electron chi connectivity index (χ3n) is 4.28. The molecule has 0 spiro atoms. The van der Waals surface area contributed by atoms with Crippen LogP contribution in [0.4, 0.5) is 0 Å². The number of rotatable bonds is 3. The van der Waals surface area contributed by atoms with Crippen molar-refractivity contribution in [3.05, 3.63) is 60.2 Å². The smallest absolute Gasteiger partial charge is 0.0775 e. The van der Waals surface area contributed by atoms with Crippen LogP contribution < -0.4 is 5.19 Å². The van der Waals surface area contributed by atoms with Crippen LogP contribution in [0.2, 0.25) is 19.6 Å². The van der Waals surface area contributed by atoms with Crippen molar-refractivity contribution in [3.8, 4) is 11.1 Å². The van der Waals surface area contributed by atoms with Crippen LogP contribution in [0.15, 0.2) is 54.6 Å². The minimum Gasteiger partial charge on any atom is -0.164 e. The van der Waals surface area contributed by atoms with E-state index < -0.39 is 8.07 Å². The van der Waals surface area contributed by atoms with E-state index in [1.54, 1.807) is 0 Å². The molecule has 0 nitrogen and oxygen atoms in total. The summed E-state index contributed by atoms with van der Waals surface area (Å²) in [5.74, 6) is 0. The molecule has 0 atom stereocenters. The van der Waals surface area contributed by atoms with Gasteiger partial charge in [0.05, 0.1) is 8.07 Å². The van der Waals surface area contributed by atoms with E-state index >= 15 is 0 Å². The Morgan fingerprint density at radius 3 is 2.08 bits per heavy atom. The van der Waals surface area contributed by atoms with Crippen LogP contribution in [-0.4, -0.2) is 8.07 Å². The molecule has 0 aliphatic carbocycles. The first-order valence-corrected chi connectivity index (χ1v) is 11.3. The summed E-state index contributed by atoms with van der Waals surface area (Å²) in [6.45, 7) is 9.41. The first kappa shape index (κ1) is 23.7. The van der Waals surface area contributed by atoms with Gasteiger partial charge in [0.25, 0.3) is 0 Å². The van der Waals surface area contributed by atoms with Crippen molar-refractivity contribution in [2.45, 2.75) is 33.0 Å². The van der Waals surface area contributed by atoms with E-state index in [9.17, 15) is 0 Å². The minimum absolute atomic E-state index is 0. The second kappa shape index (κ2) is 9.43. The van der Waals surface area contributed by atoms with Crippen LogP contribution >= 0.6 is 24.8 Å². The fourth-order valence-corrected chi connectivity index (χ4v) is 4.07. The van der Waals surface area contributed by atoms with Gasteiger partial charge in [-0.3, -0.25) is 0 Å². The summed E-state index contributed by atoms with van der Waals surface area (Å²) in [4.78, 5) is 0. The topological polar surface area (TPSA) is 0 Å². The maximum absolute atomic E-state index is 2.40. The average Bonchev–Trinajstić information content (AvgIpc) is 2.89. The van der Waals surface area contributed by atoms with E-state index in [-0.39, 0.29) is 51.0 Å². The van der Waals surface area contributed by atoms with Gasteiger partial charge in [-0.05, 0) is 12.0 Å². The zero-order valence-corrected chi connectivity index (χ0v) is 19.8. The van der Waals surface area contributed by atoms with Gasteiger partial charge in [-0.1, -0.05) is 67.6 Å². The number of halogens is 2. The molecule has 0 saturated carbocycles. The van der Waals surface area contributed by atoms with Crippen molar-refractivity contribution in [3.63, 3.8) is 0 Å². The van der Waals surface area contributed by atoms with E-state index in [0.29, 0.717) is 0 Å². The second-order valence-electron chi connectivity index (χ2n) is 6.85. The van der Waals surface area contributed by atoms with Crippen LogP contribution in [0.5, 0.6) is 0 Å². The molecule has 0 unspecified atom stereocenters. The first-order chi connectivity index (χ1) is 9.99. The number of aryl methyl sites for hydroxylation is 1. The van der Waals surface area contributed by atoms with Gasteiger partial charge in [-0.25, -0.2) is 0 Å². The SMILES string of the molecule is CCc1cc2c(-c3ccc([Si](C)(C)C)cc3)cccc2[cH-]1.Cl.Cl.[Zr]. The quantitative estimate of drug-likeness (QED) is 0.327. The van der Waals surface area contributed by atoms with Gasteiger partial charge >= 0.3 is 0 Å². The fraction of sp³-hybridized carbons (Fsp3) is 0.250. The zero-order valence-electron chi connectivity index (χ0n) is 14.7. The van der Waals surface area contributed by atoms with Crippen molar-refractivity contribution >= 4 is 48.8 Å². The molecule has 0 radical (unpaired) electrons. The summed E-state index contributed by atoms with van der Waals surface area (Å²) in [6.07, 6.45) is 1.10. The monoisotopic (exact) mass is 453 g/mol. The summed E-state index contributed by atoms with van der Waals surface area (Å²) in [5.41, 5.74) is 4.11. The van der Waals surface area contributed by atoms with Gasteiger partial charge in [0, 0.05) is 26.2 Å². The Labute approximate surface area is 178 Å². The van der Waals surface area contributed by atoms with Crippen LogP contribution in [0.1, 0.15) is 12.5 Å². The Bertz CT molecular complexity index is 770. The third-order valence-corrected chi connectivity index (χ3v) is 6.35. The molecular weight excluding hydrogens is 430 g/mol. The van der Waals surface area contributed by atoms with Crippen molar-refractivity contribution in [1.82, 2.24) is 0 Å². The Morgan fingerprint density at radius 1 is 0.917 bits per heavy atom. The molecule has 3 aromatic rings. The molecule has 0 amide bonds. The third kappa shape index (κ3) is 4.88. The van der Waals surface area contributed by atoms with E-state index in [4.69, 9.17) is 0 Å². The molecule has 0 saturated heterocycles. The minimum atomic E-state index is -1.21. The van der Waals surface area contributed by atoms with Gasteiger partial charge in [-0.15, -0.1) is 59.3 Å². The molecule has 3 aromatic carbocycles. The van der Waals surface area contributed by atoms with Crippen molar-refractivity contribution < 1.29 is 26.2 Å². The van der Waals surface area contributed by atoms with Gasteiger partial charge in [0.1, 0.15) is 0 Å². The number of hydrogen-bond acceptors (Lipinski definition) is 0. The maximum atomic E-state index is 2.40. The summed E-state index contributed by atoms with van der Waals surface area (Å²) >= 11 is 0. The number of benzene rings is 2. The van der Waals surface area contributed by atoms with Crippen molar-refractivity contribution in [2.75, 3.05) is 0 Å². The maximum Gasteiger partial charge on any atom is 0.0775 e. The Balaban J connectivity index is 0.00000176. The summed E-state index contributed by atoms with van der Waals surface area (Å²) < 4.78 is 0. The molecule has 0 aliphatic heterocycles. The Kier molecular flexibility index (Phi) is 9.33. The fourth-order valence-electron chi connectivity index (χ4n) is 2.90. The predicted molar refractivity (Wildman–Crippen MR) is 112 cm³/mol. The first-order valence-electron chi connectivity index (χ1n) is 7.78. The molecule has 3 rings (SSSR count). The normalized spacial score (nSPS) is 10.5. The largest absolute Gasteiger partial charge is 0.164 e. The molecule has 128 valence electrons. The number of hydrogen-bond donors (Lipinski definition) is 0. The van der Waals surface area contributed by atoms with Crippen molar-refractivity contribution in [2.24, 2.45) is 0 Å². The summed E-state index contributed by atoms with van der Waals surface area (Å²) in [6, 6.07) is 20.5. The predicted octanol–water partition coefficient (Wildman–Crippen LogP) is 6.17. The van der Waals surface area contributed by atoms with Crippen LogP contribution in [0.3, 0.4) is 0 Å². The zero-order chi connectivity index (χ0) is 15.0. The molecule has 24 heavy (non-hydrogen) atoms. The van der Waals surface area contributed by atoms with E-state index in [2.05, 4.69) is 81.2 Å².